The van der Waals surface area contributed by atoms with Gasteiger partial charge in [0.05, 0.1) is 12.2 Å². The molecule has 3 nitrogen and oxygen atoms in total. The Labute approximate surface area is 126 Å². The molecule has 0 aromatic heterocycles. The molecule has 3 N–H and O–H groups in total. The molecule has 1 saturated heterocycles. The van der Waals surface area contributed by atoms with Crippen LogP contribution in [0.1, 0.15) is 90.4 Å². The highest BCUT2D eigenvalue weighted by atomic mass is 16.6. The largest absolute Gasteiger partial charge is 0.370 e. The van der Waals surface area contributed by atoms with Crippen LogP contribution >= 0.6 is 0 Å². The van der Waals surface area contributed by atoms with Gasteiger partial charge in [-0.1, -0.05) is 71.1 Å². The van der Waals surface area contributed by atoms with Gasteiger partial charge in [-0.15, -0.1) is 0 Å². The van der Waals surface area contributed by atoms with Gasteiger partial charge in [-0.3, -0.25) is 11.3 Å². The highest BCUT2D eigenvalue weighted by Crippen LogP contribution is 2.31. The van der Waals surface area contributed by atoms with Gasteiger partial charge >= 0.3 is 0 Å². The number of epoxide rings is 1. The summed E-state index contributed by atoms with van der Waals surface area (Å²) in [4.78, 5) is 0. The maximum Gasteiger partial charge on any atom is 0.0841 e. The van der Waals surface area contributed by atoms with E-state index >= 15 is 0 Å². The van der Waals surface area contributed by atoms with Crippen LogP contribution in [0.15, 0.2) is 0 Å². The van der Waals surface area contributed by atoms with E-state index in [4.69, 9.17) is 10.6 Å². The average molecular weight is 284 g/mol. The Hall–Kier alpha value is -0.120. The molecule has 120 valence electrons. The molecule has 0 bridgehead atoms. The summed E-state index contributed by atoms with van der Waals surface area (Å²) in [6, 6.07) is 0. The van der Waals surface area contributed by atoms with Crippen molar-refractivity contribution < 1.29 is 4.74 Å². The minimum absolute atomic E-state index is 0.608. The first-order chi connectivity index (χ1) is 9.88. The second-order valence-electron chi connectivity index (χ2n) is 6.28. The van der Waals surface area contributed by atoms with Crippen LogP contribution in [0.3, 0.4) is 0 Å². The summed E-state index contributed by atoms with van der Waals surface area (Å²) in [5.74, 6) is 5.24. The van der Waals surface area contributed by atoms with Crippen LogP contribution in [-0.2, 0) is 4.74 Å². The minimum Gasteiger partial charge on any atom is -0.370 e. The fourth-order valence-corrected chi connectivity index (χ4v) is 2.92. The molecule has 0 aromatic carbocycles. The lowest BCUT2D eigenvalue weighted by Crippen LogP contribution is -2.22. The normalized spacial score (nSPS) is 21.3. The zero-order chi connectivity index (χ0) is 14.5. The molecule has 3 heteroatoms. The summed E-state index contributed by atoms with van der Waals surface area (Å²) in [6.45, 7) is 3.23. The number of hydrazine groups is 1. The second kappa shape index (κ2) is 12.6. The zero-order valence-electron chi connectivity index (χ0n) is 13.5. The van der Waals surface area contributed by atoms with Crippen molar-refractivity contribution in [3.05, 3.63) is 0 Å². The number of nitrogens with two attached hydrogens (primary N) is 1. The van der Waals surface area contributed by atoms with Crippen molar-refractivity contribution in [2.45, 2.75) is 103 Å². The Kier molecular flexibility index (Phi) is 11.3. The molecule has 0 aliphatic carbocycles. The first-order valence-corrected chi connectivity index (χ1v) is 8.97. The highest BCUT2D eigenvalue weighted by molar-refractivity contribution is 4.84. The Balaban J connectivity index is 1.75. The van der Waals surface area contributed by atoms with E-state index in [0.717, 1.165) is 6.54 Å². The van der Waals surface area contributed by atoms with Crippen LogP contribution in [-0.4, -0.2) is 18.8 Å². The summed E-state index contributed by atoms with van der Waals surface area (Å²) in [5, 5.41) is 0. The molecule has 0 saturated carbocycles. The predicted molar refractivity (Wildman–Crippen MR) is 86.5 cm³/mol. The molecule has 0 radical (unpaired) electrons. The Bertz CT molecular complexity index is 211. The van der Waals surface area contributed by atoms with Gasteiger partial charge in [-0.2, -0.15) is 0 Å². The van der Waals surface area contributed by atoms with E-state index in [0.29, 0.717) is 12.2 Å². The van der Waals surface area contributed by atoms with E-state index in [1.165, 1.54) is 83.5 Å². The lowest BCUT2D eigenvalue weighted by atomic mass is 10.0. The highest BCUT2D eigenvalue weighted by Gasteiger charge is 2.36. The van der Waals surface area contributed by atoms with Crippen molar-refractivity contribution in [2.24, 2.45) is 5.84 Å². The minimum atomic E-state index is 0.608. The van der Waals surface area contributed by atoms with Gasteiger partial charge in [0.15, 0.2) is 0 Å². The topological polar surface area (TPSA) is 50.6 Å². The number of unbranched alkanes of at least 4 members (excludes halogenated alkanes) is 9. The summed E-state index contributed by atoms with van der Waals surface area (Å²) in [5.41, 5.74) is 2.71. The van der Waals surface area contributed by atoms with E-state index in [-0.39, 0.29) is 0 Å². The van der Waals surface area contributed by atoms with Crippen LogP contribution in [0.4, 0.5) is 0 Å². The van der Waals surface area contributed by atoms with Gasteiger partial charge in [-0.25, -0.2) is 0 Å². The van der Waals surface area contributed by atoms with E-state index in [1.54, 1.807) is 0 Å². The predicted octanol–water partition coefficient (Wildman–Crippen LogP) is 4.31. The third kappa shape index (κ3) is 9.73. The van der Waals surface area contributed by atoms with Crippen LogP contribution < -0.4 is 11.3 Å². The average Bonchev–Trinajstić information content (AvgIpc) is 3.20. The Morgan fingerprint density at radius 2 is 1.25 bits per heavy atom. The quantitative estimate of drug-likeness (QED) is 0.204. The number of hydrogen-bond donors (Lipinski definition) is 2. The van der Waals surface area contributed by atoms with Crippen molar-refractivity contribution in [2.75, 3.05) is 6.54 Å². The molecule has 1 rings (SSSR count). The van der Waals surface area contributed by atoms with Gasteiger partial charge in [-0.05, 0) is 19.3 Å². The Morgan fingerprint density at radius 1 is 0.750 bits per heavy atom. The van der Waals surface area contributed by atoms with Gasteiger partial charge < -0.3 is 4.74 Å². The van der Waals surface area contributed by atoms with E-state index in [1.807, 2.05) is 0 Å². The van der Waals surface area contributed by atoms with Crippen LogP contribution in [0.2, 0.25) is 0 Å². The Morgan fingerprint density at radius 3 is 1.80 bits per heavy atom. The van der Waals surface area contributed by atoms with E-state index in [2.05, 4.69) is 12.3 Å². The van der Waals surface area contributed by atoms with Crippen molar-refractivity contribution in [1.29, 1.82) is 0 Å². The molecule has 20 heavy (non-hydrogen) atoms. The zero-order valence-corrected chi connectivity index (χ0v) is 13.5. The fraction of sp³-hybridized carbons (Fsp3) is 1.00. The fourth-order valence-electron chi connectivity index (χ4n) is 2.92. The third-order valence-corrected chi connectivity index (χ3v) is 4.34. The smallest absolute Gasteiger partial charge is 0.0841 e. The maximum absolute atomic E-state index is 5.76. The molecular weight excluding hydrogens is 248 g/mol. The van der Waals surface area contributed by atoms with Crippen molar-refractivity contribution >= 4 is 0 Å². The second-order valence-corrected chi connectivity index (χ2v) is 6.28. The van der Waals surface area contributed by atoms with Crippen molar-refractivity contribution in [3.8, 4) is 0 Å². The van der Waals surface area contributed by atoms with E-state index < -0.39 is 0 Å². The molecule has 0 spiro atoms. The first kappa shape index (κ1) is 17.9. The third-order valence-electron chi connectivity index (χ3n) is 4.34. The van der Waals surface area contributed by atoms with Gasteiger partial charge in [0, 0.05) is 6.54 Å². The van der Waals surface area contributed by atoms with Crippen molar-refractivity contribution in [3.63, 3.8) is 0 Å². The van der Waals surface area contributed by atoms with Crippen LogP contribution in [0.5, 0.6) is 0 Å². The van der Waals surface area contributed by atoms with E-state index in [9.17, 15) is 0 Å². The summed E-state index contributed by atoms with van der Waals surface area (Å²) < 4.78 is 5.76. The monoisotopic (exact) mass is 284 g/mol. The number of hydrogen-bond acceptors (Lipinski definition) is 3. The molecule has 1 aliphatic heterocycles. The molecule has 2 unspecified atom stereocenters. The summed E-state index contributed by atoms with van der Waals surface area (Å²) in [6.07, 6.45) is 18.7. The van der Waals surface area contributed by atoms with Gasteiger partial charge in [0.2, 0.25) is 0 Å². The van der Waals surface area contributed by atoms with Crippen molar-refractivity contribution in [1.82, 2.24) is 5.43 Å². The van der Waals surface area contributed by atoms with Crippen LogP contribution in [0, 0.1) is 0 Å². The summed E-state index contributed by atoms with van der Waals surface area (Å²) >= 11 is 0. The lowest BCUT2D eigenvalue weighted by molar-refractivity contribution is 0.347. The number of ether oxygens (including phenoxy) is 1. The summed E-state index contributed by atoms with van der Waals surface area (Å²) in [7, 11) is 0. The molecule has 1 heterocycles. The maximum atomic E-state index is 5.76. The standard InChI is InChI=1S/C17H36N2O/c1-2-3-4-5-7-10-13-16-17(20-16)14-11-8-6-9-12-15-19-18/h16-17,19H,2-15,18H2,1H3. The van der Waals surface area contributed by atoms with Gasteiger partial charge in [0.1, 0.15) is 0 Å². The van der Waals surface area contributed by atoms with Gasteiger partial charge in [0.25, 0.3) is 0 Å². The SMILES string of the molecule is CCCCCCCCC1OC1CCCCCCCNN. The molecule has 1 fully saturated rings. The van der Waals surface area contributed by atoms with Crippen LogP contribution in [0.25, 0.3) is 0 Å². The molecule has 2 atom stereocenters. The molecule has 0 amide bonds. The number of rotatable bonds is 15. The lowest BCUT2D eigenvalue weighted by Gasteiger charge is -2.01. The first-order valence-electron chi connectivity index (χ1n) is 8.97. The molecule has 1 aliphatic rings. The number of nitrogens with one attached hydrogen (secondary N) is 1. The molecule has 0 aromatic rings. The molecular formula is C17H36N2O.